The predicted octanol–water partition coefficient (Wildman–Crippen LogP) is 2.61. The Balaban J connectivity index is 3.06. The standard InChI is InChI=1S/C12H16O2/c1-8(2)12(13)10-6-5-9(3)11(7-10)14-4/h5-7,12-13H,1H2,2-4H3. The van der Waals surface area contributed by atoms with Crippen molar-refractivity contribution in [1.82, 2.24) is 0 Å². The first kappa shape index (κ1) is 10.8. The summed E-state index contributed by atoms with van der Waals surface area (Å²) in [4.78, 5) is 0. The summed E-state index contributed by atoms with van der Waals surface area (Å²) in [5.41, 5.74) is 2.61. The van der Waals surface area contributed by atoms with Crippen molar-refractivity contribution in [3.63, 3.8) is 0 Å². The molecule has 1 atom stereocenters. The normalized spacial score (nSPS) is 12.3. The molecule has 0 saturated heterocycles. The van der Waals surface area contributed by atoms with Gasteiger partial charge in [0.1, 0.15) is 5.75 Å². The van der Waals surface area contributed by atoms with Crippen LogP contribution in [0.4, 0.5) is 0 Å². The summed E-state index contributed by atoms with van der Waals surface area (Å²) in [7, 11) is 1.62. The number of aliphatic hydroxyl groups excluding tert-OH is 1. The predicted molar refractivity (Wildman–Crippen MR) is 57.5 cm³/mol. The van der Waals surface area contributed by atoms with Crippen molar-refractivity contribution in [3.8, 4) is 5.75 Å². The quantitative estimate of drug-likeness (QED) is 0.746. The van der Waals surface area contributed by atoms with Gasteiger partial charge in [0, 0.05) is 0 Å². The molecule has 2 nitrogen and oxygen atoms in total. The molecule has 0 saturated carbocycles. The van der Waals surface area contributed by atoms with Gasteiger partial charge in [-0.25, -0.2) is 0 Å². The van der Waals surface area contributed by atoms with Crippen LogP contribution in [0.1, 0.15) is 24.2 Å². The van der Waals surface area contributed by atoms with Gasteiger partial charge >= 0.3 is 0 Å². The van der Waals surface area contributed by atoms with E-state index in [-0.39, 0.29) is 0 Å². The molecular formula is C12H16O2. The van der Waals surface area contributed by atoms with Crippen LogP contribution in [0.5, 0.6) is 5.75 Å². The molecule has 0 bridgehead atoms. The second kappa shape index (κ2) is 4.29. The molecule has 1 rings (SSSR count). The minimum atomic E-state index is -0.607. The molecule has 0 aliphatic carbocycles. The first-order chi connectivity index (χ1) is 6.56. The van der Waals surface area contributed by atoms with Crippen molar-refractivity contribution in [2.45, 2.75) is 20.0 Å². The lowest BCUT2D eigenvalue weighted by molar-refractivity contribution is 0.215. The Morgan fingerprint density at radius 2 is 2.14 bits per heavy atom. The molecule has 2 heteroatoms. The molecule has 0 heterocycles. The van der Waals surface area contributed by atoms with Gasteiger partial charge in [0.2, 0.25) is 0 Å². The summed E-state index contributed by atoms with van der Waals surface area (Å²) in [5.74, 6) is 0.794. The smallest absolute Gasteiger partial charge is 0.122 e. The molecular weight excluding hydrogens is 176 g/mol. The third-order valence-electron chi connectivity index (χ3n) is 2.21. The largest absolute Gasteiger partial charge is 0.496 e. The van der Waals surface area contributed by atoms with Gasteiger partial charge in [-0.3, -0.25) is 0 Å². The summed E-state index contributed by atoms with van der Waals surface area (Å²) in [6.07, 6.45) is -0.607. The van der Waals surface area contributed by atoms with Crippen LogP contribution in [-0.2, 0) is 0 Å². The van der Waals surface area contributed by atoms with Crippen molar-refractivity contribution < 1.29 is 9.84 Å². The molecule has 14 heavy (non-hydrogen) atoms. The Hall–Kier alpha value is -1.28. The van der Waals surface area contributed by atoms with Gasteiger partial charge in [-0.2, -0.15) is 0 Å². The van der Waals surface area contributed by atoms with Crippen molar-refractivity contribution in [1.29, 1.82) is 0 Å². The summed E-state index contributed by atoms with van der Waals surface area (Å²) in [6.45, 7) is 7.49. The van der Waals surface area contributed by atoms with Gasteiger partial charge in [-0.05, 0) is 36.6 Å². The number of hydrogen-bond acceptors (Lipinski definition) is 2. The first-order valence-electron chi connectivity index (χ1n) is 4.54. The molecule has 1 N–H and O–H groups in total. The highest BCUT2D eigenvalue weighted by Gasteiger charge is 2.09. The Bertz CT molecular complexity index is 342. The van der Waals surface area contributed by atoms with E-state index in [9.17, 15) is 5.11 Å². The Kier molecular flexibility index (Phi) is 3.31. The molecule has 0 amide bonds. The highest BCUT2D eigenvalue weighted by molar-refractivity contribution is 5.39. The van der Waals surface area contributed by atoms with Crippen LogP contribution < -0.4 is 4.74 Å². The molecule has 0 aliphatic heterocycles. The maximum absolute atomic E-state index is 9.75. The fraction of sp³-hybridized carbons (Fsp3) is 0.333. The van der Waals surface area contributed by atoms with E-state index < -0.39 is 6.10 Å². The van der Waals surface area contributed by atoms with Gasteiger partial charge in [-0.1, -0.05) is 18.7 Å². The van der Waals surface area contributed by atoms with Crippen LogP contribution in [0.2, 0.25) is 0 Å². The topological polar surface area (TPSA) is 29.5 Å². The van der Waals surface area contributed by atoms with E-state index >= 15 is 0 Å². The number of hydrogen-bond donors (Lipinski definition) is 1. The molecule has 1 aromatic carbocycles. The van der Waals surface area contributed by atoms with Crippen molar-refractivity contribution in [2.24, 2.45) is 0 Å². The number of rotatable bonds is 3. The van der Waals surface area contributed by atoms with Crippen molar-refractivity contribution >= 4 is 0 Å². The van der Waals surface area contributed by atoms with Crippen LogP contribution in [0.15, 0.2) is 30.4 Å². The molecule has 0 aliphatic rings. The van der Waals surface area contributed by atoms with E-state index in [4.69, 9.17) is 4.74 Å². The Labute approximate surface area is 84.8 Å². The fourth-order valence-electron chi connectivity index (χ4n) is 1.29. The highest BCUT2D eigenvalue weighted by Crippen LogP contribution is 2.26. The minimum absolute atomic E-state index is 0.607. The zero-order chi connectivity index (χ0) is 10.7. The molecule has 0 spiro atoms. The lowest BCUT2D eigenvalue weighted by Gasteiger charge is -2.13. The monoisotopic (exact) mass is 192 g/mol. The van der Waals surface area contributed by atoms with Crippen molar-refractivity contribution in [2.75, 3.05) is 7.11 Å². The van der Waals surface area contributed by atoms with E-state index in [0.29, 0.717) is 0 Å². The van der Waals surface area contributed by atoms with Gasteiger partial charge in [0.05, 0.1) is 13.2 Å². The molecule has 1 aromatic rings. The van der Waals surface area contributed by atoms with Gasteiger partial charge in [0.25, 0.3) is 0 Å². The zero-order valence-electron chi connectivity index (χ0n) is 8.87. The Morgan fingerprint density at radius 1 is 1.50 bits per heavy atom. The second-order valence-corrected chi connectivity index (χ2v) is 3.48. The average molecular weight is 192 g/mol. The van der Waals surface area contributed by atoms with E-state index in [1.807, 2.05) is 25.1 Å². The average Bonchev–Trinajstić information content (AvgIpc) is 2.17. The SMILES string of the molecule is C=C(C)C(O)c1ccc(C)c(OC)c1. The van der Waals surface area contributed by atoms with Crippen LogP contribution >= 0.6 is 0 Å². The summed E-state index contributed by atoms with van der Waals surface area (Å²) in [5, 5.41) is 9.75. The second-order valence-electron chi connectivity index (χ2n) is 3.48. The zero-order valence-corrected chi connectivity index (χ0v) is 8.87. The number of ether oxygens (including phenoxy) is 1. The van der Waals surface area contributed by atoms with Gasteiger partial charge < -0.3 is 9.84 Å². The summed E-state index contributed by atoms with van der Waals surface area (Å²) < 4.78 is 5.17. The number of aliphatic hydroxyl groups is 1. The van der Waals surface area contributed by atoms with Gasteiger partial charge in [0.15, 0.2) is 0 Å². The van der Waals surface area contributed by atoms with E-state index in [1.165, 1.54) is 0 Å². The first-order valence-corrected chi connectivity index (χ1v) is 4.54. The van der Waals surface area contributed by atoms with Crippen molar-refractivity contribution in [3.05, 3.63) is 41.5 Å². The third kappa shape index (κ3) is 2.15. The van der Waals surface area contributed by atoms with E-state index in [1.54, 1.807) is 14.0 Å². The van der Waals surface area contributed by atoms with Crippen LogP contribution in [0.25, 0.3) is 0 Å². The number of methoxy groups -OCH3 is 1. The highest BCUT2D eigenvalue weighted by atomic mass is 16.5. The lowest BCUT2D eigenvalue weighted by atomic mass is 10.0. The molecule has 1 unspecified atom stereocenters. The third-order valence-corrected chi connectivity index (χ3v) is 2.21. The molecule has 0 aromatic heterocycles. The maximum atomic E-state index is 9.75. The maximum Gasteiger partial charge on any atom is 0.122 e. The van der Waals surface area contributed by atoms with E-state index in [0.717, 1.165) is 22.4 Å². The number of benzene rings is 1. The summed E-state index contributed by atoms with van der Waals surface area (Å²) in [6, 6.07) is 5.66. The number of aryl methyl sites for hydroxylation is 1. The van der Waals surface area contributed by atoms with Crippen LogP contribution in [-0.4, -0.2) is 12.2 Å². The van der Waals surface area contributed by atoms with Crippen LogP contribution in [0, 0.1) is 6.92 Å². The Morgan fingerprint density at radius 3 is 2.64 bits per heavy atom. The fourth-order valence-corrected chi connectivity index (χ4v) is 1.29. The van der Waals surface area contributed by atoms with Gasteiger partial charge in [-0.15, -0.1) is 0 Å². The summed E-state index contributed by atoms with van der Waals surface area (Å²) >= 11 is 0. The van der Waals surface area contributed by atoms with Crippen LogP contribution in [0.3, 0.4) is 0 Å². The lowest BCUT2D eigenvalue weighted by Crippen LogP contribution is -1.99. The van der Waals surface area contributed by atoms with E-state index in [2.05, 4.69) is 6.58 Å². The molecule has 0 fully saturated rings. The molecule has 0 radical (unpaired) electrons. The molecule has 76 valence electrons. The minimum Gasteiger partial charge on any atom is -0.496 e.